The molecule has 0 saturated heterocycles. The molecule has 0 unspecified atom stereocenters. The lowest BCUT2D eigenvalue weighted by Gasteiger charge is -2.02. The zero-order valence-corrected chi connectivity index (χ0v) is 10.8. The van der Waals surface area contributed by atoms with E-state index in [9.17, 15) is 14.0 Å². The fourth-order valence-corrected chi connectivity index (χ4v) is 2.17. The smallest absolute Gasteiger partial charge is 0.344 e. The fourth-order valence-electron chi connectivity index (χ4n) is 2.17. The first-order valence-corrected chi connectivity index (χ1v) is 6.19. The molecule has 104 valence electrons. The molecule has 2 aromatic rings. The number of cyclic esters (lactones) is 1. The molecule has 1 aliphatic heterocycles. The van der Waals surface area contributed by atoms with Crippen molar-refractivity contribution in [3.8, 4) is 0 Å². The molecule has 21 heavy (non-hydrogen) atoms. The van der Waals surface area contributed by atoms with E-state index in [-0.39, 0.29) is 5.56 Å². The van der Waals surface area contributed by atoms with Crippen LogP contribution in [-0.2, 0) is 4.74 Å². The van der Waals surface area contributed by atoms with E-state index >= 15 is 0 Å². The molecular weight excluding hydrogens is 273 g/mol. The van der Waals surface area contributed by atoms with Gasteiger partial charge in [-0.2, -0.15) is 0 Å². The van der Waals surface area contributed by atoms with Gasteiger partial charge < -0.3 is 10.5 Å². The molecule has 3 rings (SSSR count). The average Bonchev–Trinajstić information content (AvgIpc) is 2.78. The maximum absolute atomic E-state index is 13.4. The Labute approximate surface area is 119 Å². The van der Waals surface area contributed by atoms with Gasteiger partial charge in [-0.15, -0.1) is 0 Å². The molecule has 0 radical (unpaired) electrons. The summed E-state index contributed by atoms with van der Waals surface area (Å²) in [6, 6.07) is 10.9. The Morgan fingerprint density at radius 2 is 1.86 bits per heavy atom. The normalized spacial score (nSPS) is 14.9. The summed E-state index contributed by atoms with van der Waals surface area (Å²) < 4.78 is 18.6. The third-order valence-corrected chi connectivity index (χ3v) is 3.17. The minimum absolute atomic E-state index is 0.207. The van der Waals surface area contributed by atoms with Gasteiger partial charge in [-0.1, -0.05) is 24.3 Å². The van der Waals surface area contributed by atoms with E-state index in [1.807, 2.05) is 0 Å². The lowest BCUT2D eigenvalue weighted by molar-refractivity contribution is 0.0717. The Morgan fingerprint density at radius 3 is 2.57 bits per heavy atom. The van der Waals surface area contributed by atoms with E-state index < -0.39 is 17.7 Å². The quantitative estimate of drug-likeness (QED) is 0.861. The first-order chi connectivity index (χ1) is 10.1. The third kappa shape index (κ3) is 2.29. The van der Waals surface area contributed by atoms with Crippen molar-refractivity contribution in [2.75, 3.05) is 0 Å². The molecule has 1 aliphatic rings. The zero-order valence-electron chi connectivity index (χ0n) is 10.8. The molecule has 0 spiro atoms. The van der Waals surface area contributed by atoms with Crippen LogP contribution < -0.4 is 5.73 Å². The second-order valence-corrected chi connectivity index (χ2v) is 4.55. The molecule has 2 N–H and O–H groups in total. The van der Waals surface area contributed by atoms with Gasteiger partial charge >= 0.3 is 5.97 Å². The van der Waals surface area contributed by atoms with Crippen molar-refractivity contribution in [2.45, 2.75) is 0 Å². The lowest BCUT2D eigenvalue weighted by Crippen LogP contribution is -2.13. The number of amides is 1. The number of primary amides is 1. The number of ether oxygens (including phenoxy) is 1. The molecule has 0 aromatic heterocycles. The molecule has 1 amide bonds. The average molecular weight is 283 g/mol. The summed E-state index contributed by atoms with van der Waals surface area (Å²) in [5.74, 6) is -1.61. The highest BCUT2D eigenvalue weighted by Gasteiger charge is 2.25. The van der Waals surface area contributed by atoms with Crippen LogP contribution in [0.15, 0.2) is 42.5 Å². The van der Waals surface area contributed by atoms with E-state index in [1.54, 1.807) is 30.3 Å². The van der Waals surface area contributed by atoms with E-state index in [4.69, 9.17) is 10.5 Å². The van der Waals surface area contributed by atoms with Gasteiger partial charge in [0.2, 0.25) is 0 Å². The summed E-state index contributed by atoms with van der Waals surface area (Å²) >= 11 is 0. The summed E-state index contributed by atoms with van der Waals surface area (Å²) in [4.78, 5) is 22.8. The van der Waals surface area contributed by atoms with Gasteiger partial charge in [0, 0.05) is 5.56 Å². The van der Waals surface area contributed by atoms with Gasteiger partial charge in [-0.3, -0.25) is 4.79 Å². The Morgan fingerprint density at radius 1 is 1.14 bits per heavy atom. The summed E-state index contributed by atoms with van der Waals surface area (Å²) in [6.45, 7) is 0. The third-order valence-electron chi connectivity index (χ3n) is 3.17. The summed E-state index contributed by atoms with van der Waals surface area (Å²) in [6.07, 6.45) is 1.57. The van der Waals surface area contributed by atoms with Gasteiger partial charge in [0.25, 0.3) is 5.91 Å². The van der Waals surface area contributed by atoms with Gasteiger partial charge in [0.05, 0.1) is 11.1 Å². The molecule has 1 heterocycles. The van der Waals surface area contributed by atoms with Gasteiger partial charge in [0.15, 0.2) is 0 Å². The zero-order chi connectivity index (χ0) is 15.0. The van der Waals surface area contributed by atoms with Crippen LogP contribution in [0.3, 0.4) is 0 Å². The van der Waals surface area contributed by atoms with E-state index in [0.717, 1.165) is 6.07 Å². The highest BCUT2D eigenvalue weighted by Crippen LogP contribution is 2.31. The van der Waals surface area contributed by atoms with Gasteiger partial charge in [-0.25, -0.2) is 9.18 Å². The molecule has 0 fully saturated rings. The molecule has 2 aromatic carbocycles. The number of hydrogen-bond donors (Lipinski definition) is 1. The van der Waals surface area contributed by atoms with E-state index in [2.05, 4.69) is 0 Å². The lowest BCUT2D eigenvalue weighted by atomic mass is 10.0. The summed E-state index contributed by atoms with van der Waals surface area (Å²) in [7, 11) is 0. The maximum atomic E-state index is 13.4. The minimum Gasteiger partial charge on any atom is -0.422 e. The first-order valence-electron chi connectivity index (χ1n) is 6.19. The number of esters is 1. The Bertz CT molecular complexity index is 796. The number of rotatable bonds is 2. The second kappa shape index (κ2) is 4.86. The highest BCUT2D eigenvalue weighted by atomic mass is 19.1. The van der Waals surface area contributed by atoms with Crippen LogP contribution in [-0.4, -0.2) is 11.9 Å². The van der Waals surface area contributed by atoms with Crippen molar-refractivity contribution < 1.29 is 18.7 Å². The van der Waals surface area contributed by atoms with Crippen LogP contribution >= 0.6 is 0 Å². The Kier molecular flexibility index (Phi) is 3.02. The van der Waals surface area contributed by atoms with Gasteiger partial charge in [-0.05, 0) is 29.8 Å². The maximum Gasteiger partial charge on any atom is 0.344 e. The number of fused-ring (bicyclic) bond motifs is 1. The first kappa shape index (κ1) is 13.1. The van der Waals surface area contributed by atoms with Gasteiger partial charge in [0.1, 0.15) is 11.6 Å². The van der Waals surface area contributed by atoms with Crippen LogP contribution in [0.25, 0.3) is 11.8 Å². The SMILES string of the molecule is NC(=O)c1cc(/C=C2\OC(=O)c3ccccc32)ccc1F. The number of hydrogen-bond acceptors (Lipinski definition) is 3. The van der Waals surface area contributed by atoms with Crippen molar-refractivity contribution in [1.29, 1.82) is 0 Å². The van der Waals surface area contributed by atoms with Crippen molar-refractivity contribution in [3.63, 3.8) is 0 Å². The predicted molar refractivity (Wildman–Crippen MR) is 74.6 cm³/mol. The second-order valence-electron chi connectivity index (χ2n) is 4.55. The molecule has 4 nitrogen and oxygen atoms in total. The number of carbonyl (C=O) groups is 2. The van der Waals surface area contributed by atoms with E-state index in [1.165, 1.54) is 12.1 Å². The number of halogens is 1. The van der Waals surface area contributed by atoms with Crippen molar-refractivity contribution in [3.05, 3.63) is 70.5 Å². The van der Waals surface area contributed by atoms with Crippen molar-refractivity contribution in [1.82, 2.24) is 0 Å². The molecule has 5 heteroatoms. The van der Waals surface area contributed by atoms with Crippen LogP contribution in [0, 0.1) is 5.82 Å². The van der Waals surface area contributed by atoms with Crippen molar-refractivity contribution in [2.24, 2.45) is 5.73 Å². The molecule has 0 bridgehead atoms. The molecule has 0 atom stereocenters. The van der Waals surface area contributed by atoms with Crippen molar-refractivity contribution >= 4 is 23.7 Å². The standard InChI is InChI=1S/C16H10FNO3/c17-13-6-5-9(7-12(13)15(18)19)8-14-10-3-1-2-4-11(10)16(20)21-14/h1-8H,(H2,18,19)/b14-8-. The van der Waals surface area contributed by atoms with Crippen LogP contribution in [0.5, 0.6) is 0 Å². The number of benzene rings is 2. The summed E-state index contributed by atoms with van der Waals surface area (Å²) in [5.41, 5.74) is 6.55. The monoisotopic (exact) mass is 283 g/mol. The molecular formula is C16H10FNO3. The fraction of sp³-hybridized carbons (Fsp3) is 0. The minimum atomic E-state index is -0.850. The predicted octanol–water partition coefficient (Wildman–Crippen LogP) is 2.59. The molecule has 0 saturated carbocycles. The van der Waals surface area contributed by atoms with Crippen LogP contribution in [0.1, 0.15) is 31.8 Å². The Hall–Kier alpha value is -2.95. The largest absolute Gasteiger partial charge is 0.422 e. The topological polar surface area (TPSA) is 69.4 Å². The molecule has 0 aliphatic carbocycles. The van der Waals surface area contributed by atoms with E-state index in [0.29, 0.717) is 22.4 Å². The summed E-state index contributed by atoms with van der Waals surface area (Å²) in [5, 5.41) is 0. The van der Waals surface area contributed by atoms with Crippen LogP contribution in [0.2, 0.25) is 0 Å². The highest BCUT2D eigenvalue weighted by molar-refractivity contribution is 6.05. The number of carbonyl (C=O) groups excluding carboxylic acids is 2. The Balaban J connectivity index is 2.06. The number of nitrogens with two attached hydrogens (primary N) is 1. The van der Waals surface area contributed by atoms with Crippen LogP contribution in [0.4, 0.5) is 4.39 Å².